The van der Waals surface area contributed by atoms with Gasteiger partial charge in [0.05, 0.1) is 0 Å². The average Bonchev–Trinajstić information content (AvgIpc) is 2.96. The highest BCUT2D eigenvalue weighted by atomic mass is 16.5. The van der Waals surface area contributed by atoms with Gasteiger partial charge in [-0.1, -0.05) is 41.6 Å². The van der Waals surface area contributed by atoms with Crippen LogP contribution in [0.1, 0.15) is 0 Å². The van der Waals surface area contributed by atoms with Crippen molar-refractivity contribution in [3.63, 3.8) is 0 Å². The molecule has 6 heteroatoms. The molecule has 2 aromatic carbocycles. The van der Waals surface area contributed by atoms with Crippen LogP contribution in [-0.4, -0.2) is 16.3 Å². The summed E-state index contributed by atoms with van der Waals surface area (Å²) in [7, 11) is 0. The van der Waals surface area contributed by atoms with E-state index in [9.17, 15) is 9.90 Å². The second-order valence-electron chi connectivity index (χ2n) is 4.57. The van der Waals surface area contributed by atoms with E-state index < -0.39 is 6.03 Å². The number of rotatable bonds is 3. The first-order chi connectivity index (χ1) is 10.7. The number of aromatic hydroxyl groups is 1. The van der Waals surface area contributed by atoms with Gasteiger partial charge >= 0.3 is 6.03 Å². The number of anilines is 2. The number of hydrogen-bond acceptors (Lipinski definition) is 4. The minimum absolute atomic E-state index is 0.0746. The number of phenols is 1. The third-order valence-electron chi connectivity index (χ3n) is 2.91. The topological polar surface area (TPSA) is 87.4 Å². The lowest BCUT2D eigenvalue weighted by molar-refractivity contribution is 0.262. The first kappa shape index (κ1) is 13.7. The van der Waals surface area contributed by atoms with Crippen LogP contribution < -0.4 is 10.6 Å². The van der Waals surface area contributed by atoms with Gasteiger partial charge in [-0.3, -0.25) is 5.32 Å². The largest absolute Gasteiger partial charge is 0.508 e. The zero-order chi connectivity index (χ0) is 15.4. The molecule has 0 bridgehead atoms. The molecule has 0 atom stereocenters. The van der Waals surface area contributed by atoms with Crippen molar-refractivity contribution in [1.82, 2.24) is 5.16 Å². The van der Waals surface area contributed by atoms with Crippen LogP contribution in [0.25, 0.3) is 11.3 Å². The van der Waals surface area contributed by atoms with Crippen molar-refractivity contribution in [2.24, 2.45) is 0 Å². The van der Waals surface area contributed by atoms with E-state index in [-0.39, 0.29) is 5.75 Å². The number of amides is 2. The summed E-state index contributed by atoms with van der Waals surface area (Å²) in [6.07, 6.45) is 0. The molecule has 110 valence electrons. The quantitative estimate of drug-likeness (QED) is 0.687. The van der Waals surface area contributed by atoms with E-state index >= 15 is 0 Å². The Morgan fingerprint density at radius 1 is 1.00 bits per heavy atom. The van der Waals surface area contributed by atoms with Crippen LogP contribution in [0, 0.1) is 0 Å². The number of carbonyl (C=O) groups is 1. The maximum absolute atomic E-state index is 11.9. The Kier molecular flexibility index (Phi) is 3.74. The van der Waals surface area contributed by atoms with E-state index in [1.807, 2.05) is 30.3 Å². The average molecular weight is 295 g/mol. The highest BCUT2D eigenvalue weighted by molar-refractivity contribution is 5.99. The van der Waals surface area contributed by atoms with E-state index in [0.29, 0.717) is 17.3 Å². The Balaban J connectivity index is 1.66. The van der Waals surface area contributed by atoms with Gasteiger partial charge in [-0.2, -0.15) is 0 Å². The number of phenolic OH excluding ortho intramolecular Hbond substituents is 1. The number of nitrogens with one attached hydrogen (secondary N) is 2. The smallest absolute Gasteiger partial charge is 0.324 e. The maximum Gasteiger partial charge on any atom is 0.324 e. The summed E-state index contributed by atoms with van der Waals surface area (Å²) < 4.78 is 5.19. The molecule has 0 saturated heterocycles. The standard InChI is InChI=1S/C16H13N3O3/c20-13-8-4-7-12(9-13)17-16(21)18-15-10-14(22-19-15)11-5-2-1-3-6-11/h1-10,20H,(H2,17,18,19,21). The van der Waals surface area contributed by atoms with Crippen LogP contribution >= 0.6 is 0 Å². The number of benzene rings is 2. The molecule has 22 heavy (non-hydrogen) atoms. The molecular weight excluding hydrogens is 282 g/mol. The molecule has 0 spiro atoms. The molecule has 1 heterocycles. The van der Waals surface area contributed by atoms with Crippen molar-refractivity contribution in [2.75, 3.05) is 10.6 Å². The minimum atomic E-state index is -0.474. The van der Waals surface area contributed by atoms with Crippen molar-refractivity contribution < 1.29 is 14.4 Å². The number of urea groups is 1. The first-order valence-corrected chi connectivity index (χ1v) is 6.60. The second-order valence-corrected chi connectivity index (χ2v) is 4.57. The molecule has 3 aromatic rings. The highest BCUT2D eigenvalue weighted by Crippen LogP contribution is 2.22. The molecular formula is C16H13N3O3. The van der Waals surface area contributed by atoms with Crippen LogP contribution in [0.2, 0.25) is 0 Å². The van der Waals surface area contributed by atoms with Gasteiger partial charge in [0, 0.05) is 23.4 Å². The van der Waals surface area contributed by atoms with Gasteiger partial charge < -0.3 is 14.9 Å². The summed E-state index contributed by atoms with van der Waals surface area (Å²) in [5.41, 5.74) is 1.35. The number of carbonyl (C=O) groups excluding carboxylic acids is 1. The molecule has 0 fully saturated rings. The molecule has 2 amide bonds. The Labute approximate surface area is 126 Å². The first-order valence-electron chi connectivity index (χ1n) is 6.60. The molecule has 0 radical (unpaired) electrons. The molecule has 1 aromatic heterocycles. The molecule has 3 N–H and O–H groups in total. The fraction of sp³-hybridized carbons (Fsp3) is 0. The van der Waals surface area contributed by atoms with Gasteiger partial charge in [0.15, 0.2) is 11.6 Å². The number of nitrogens with zero attached hydrogens (tertiary/aromatic N) is 1. The molecule has 0 aliphatic heterocycles. The Hall–Kier alpha value is -3.28. The summed E-state index contributed by atoms with van der Waals surface area (Å²) in [5.74, 6) is 0.940. The zero-order valence-electron chi connectivity index (χ0n) is 11.5. The van der Waals surface area contributed by atoms with Crippen LogP contribution in [0.4, 0.5) is 16.3 Å². The molecule has 0 unspecified atom stereocenters. The summed E-state index contributed by atoms with van der Waals surface area (Å²) in [4.78, 5) is 11.9. The van der Waals surface area contributed by atoms with E-state index in [4.69, 9.17) is 4.52 Å². The van der Waals surface area contributed by atoms with Gasteiger partial charge in [-0.25, -0.2) is 4.79 Å². The van der Waals surface area contributed by atoms with E-state index in [1.165, 1.54) is 12.1 Å². The second kappa shape index (κ2) is 6.01. The third kappa shape index (κ3) is 3.24. The van der Waals surface area contributed by atoms with E-state index in [1.54, 1.807) is 18.2 Å². The van der Waals surface area contributed by atoms with Crippen molar-refractivity contribution in [2.45, 2.75) is 0 Å². The lowest BCUT2D eigenvalue weighted by Crippen LogP contribution is -2.19. The van der Waals surface area contributed by atoms with Crippen molar-refractivity contribution in [3.8, 4) is 17.1 Å². The van der Waals surface area contributed by atoms with E-state index in [0.717, 1.165) is 5.56 Å². The highest BCUT2D eigenvalue weighted by Gasteiger charge is 2.09. The predicted octanol–water partition coefficient (Wildman–Crippen LogP) is 3.69. The van der Waals surface area contributed by atoms with E-state index in [2.05, 4.69) is 15.8 Å². The fourth-order valence-electron chi connectivity index (χ4n) is 1.93. The monoisotopic (exact) mass is 295 g/mol. The molecule has 0 aliphatic rings. The summed E-state index contributed by atoms with van der Waals surface area (Å²) >= 11 is 0. The van der Waals surface area contributed by atoms with Crippen molar-refractivity contribution >= 4 is 17.5 Å². The predicted molar refractivity (Wildman–Crippen MR) is 82.7 cm³/mol. The Bertz CT molecular complexity index is 784. The van der Waals surface area contributed by atoms with Gasteiger partial charge in [0.1, 0.15) is 5.75 Å². The number of aromatic nitrogens is 1. The van der Waals surface area contributed by atoms with Gasteiger partial charge in [0.25, 0.3) is 0 Å². The van der Waals surface area contributed by atoms with Gasteiger partial charge in [-0.05, 0) is 12.1 Å². The Morgan fingerprint density at radius 3 is 2.59 bits per heavy atom. The van der Waals surface area contributed by atoms with Crippen LogP contribution in [0.15, 0.2) is 65.2 Å². The maximum atomic E-state index is 11.9. The number of hydrogen-bond donors (Lipinski definition) is 3. The minimum Gasteiger partial charge on any atom is -0.508 e. The normalized spacial score (nSPS) is 10.2. The van der Waals surface area contributed by atoms with Crippen LogP contribution in [0.3, 0.4) is 0 Å². The van der Waals surface area contributed by atoms with Crippen molar-refractivity contribution in [3.05, 3.63) is 60.7 Å². The van der Waals surface area contributed by atoms with Crippen molar-refractivity contribution in [1.29, 1.82) is 0 Å². The lowest BCUT2D eigenvalue weighted by atomic mass is 10.2. The van der Waals surface area contributed by atoms with Gasteiger partial charge in [-0.15, -0.1) is 0 Å². The SMILES string of the molecule is O=C(Nc1cccc(O)c1)Nc1cc(-c2ccccc2)on1. The summed E-state index contributed by atoms with van der Waals surface area (Å²) in [6.45, 7) is 0. The fourth-order valence-corrected chi connectivity index (χ4v) is 1.93. The summed E-state index contributed by atoms with van der Waals surface area (Å²) in [5, 5.41) is 18.3. The van der Waals surface area contributed by atoms with Crippen LogP contribution in [0.5, 0.6) is 5.75 Å². The third-order valence-corrected chi connectivity index (χ3v) is 2.91. The Morgan fingerprint density at radius 2 is 1.82 bits per heavy atom. The molecule has 6 nitrogen and oxygen atoms in total. The lowest BCUT2D eigenvalue weighted by Gasteiger charge is -2.05. The summed E-state index contributed by atoms with van der Waals surface area (Å²) in [6, 6.07) is 16.9. The van der Waals surface area contributed by atoms with Gasteiger partial charge in [0.2, 0.25) is 0 Å². The molecule has 0 saturated carbocycles. The van der Waals surface area contributed by atoms with Crippen LogP contribution in [-0.2, 0) is 0 Å². The zero-order valence-corrected chi connectivity index (χ0v) is 11.5. The molecule has 3 rings (SSSR count). The molecule has 0 aliphatic carbocycles.